The van der Waals surface area contributed by atoms with Crippen LogP contribution in [0.3, 0.4) is 0 Å². The van der Waals surface area contributed by atoms with E-state index < -0.39 is 0 Å². The van der Waals surface area contributed by atoms with Crippen molar-refractivity contribution in [2.75, 3.05) is 0 Å². The fourth-order valence-electron chi connectivity index (χ4n) is 0. The third-order valence-corrected chi connectivity index (χ3v) is 0. The largest absolute Gasteiger partial charge is 5.00 e. The second kappa shape index (κ2) is 18.2. The van der Waals surface area contributed by atoms with Gasteiger partial charge >= 0.3 is 73.6 Å². The van der Waals surface area contributed by atoms with E-state index in [2.05, 4.69) is 0 Å². The van der Waals surface area contributed by atoms with Crippen LogP contribution in [-0.2, 0) is 79.1 Å². The molecule has 4 heteroatoms. The molecule has 1 nitrogen and oxygen atoms in total. The number of rotatable bonds is 0. The fourth-order valence-corrected chi connectivity index (χ4v) is 0. The second-order valence-corrected chi connectivity index (χ2v) is 0. The van der Waals surface area contributed by atoms with E-state index in [0.717, 1.165) is 0 Å². The molecule has 0 N–H and O–H groups in total. The molecule has 0 bridgehead atoms. The summed E-state index contributed by atoms with van der Waals surface area (Å²) >= 11 is 0. The fraction of sp³-hybridized carbons (Fsp3) is 0. The van der Waals surface area contributed by atoms with Crippen LogP contribution in [0.15, 0.2) is 0 Å². The Balaban J connectivity index is 0. The molecule has 8 valence electrons. The maximum Gasteiger partial charge on any atom is 5.00 e. The van der Waals surface area contributed by atoms with Gasteiger partial charge in [-0.05, 0) is 0 Å². The Morgan fingerprint density at radius 2 is 1.00 bits per heavy atom. The van der Waals surface area contributed by atoms with E-state index in [1.165, 1.54) is 0 Å². The summed E-state index contributed by atoms with van der Waals surface area (Å²) in [4.78, 5) is 0. The van der Waals surface area contributed by atoms with Crippen LogP contribution in [0, 0.1) is 0 Å². The monoisotopic (exact) mass is 249 g/mol. The van der Waals surface area contributed by atoms with Crippen LogP contribution >= 0.6 is 0 Å². The summed E-state index contributed by atoms with van der Waals surface area (Å²) in [5.74, 6) is 0. The van der Waals surface area contributed by atoms with Crippen molar-refractivity contribution in [1.82, 2.24) is 0 Å². The maximum absolute atomic E-state index is 0. The van der Waals surface area contributed by atoms with Gasteiger partial charge in [0.25, 0.3) is 0 Å². The Kier molecular flexibility index (Phi) is 148. The van der Waals surface area contributed by atoms with Gasteiger partial charge in [-0.1, -0.05) is 0 Å². The Morgan fingerprint density at radius 1 is 1.00 bits per heavy atom. The Labute approximate surface area is 77.9 Å². The predicted molar refractivity (Wildman–Crippen MR) is 0.686 cm³/mol. The first kappa shape index (κ1) is 32.5. The topological polar surface area (TPSA) is 28.5 Å². The smallest absolute Gasteiger partial charge is 2.00 e. The molecule has 0 saturated heterocycles. The Bertz CT molecular complexity index is 8.00. The summed E-state index contributed by atoms with van der Waals surface area (Å²) < 4.78 is 0. The first-order valence-electron chi connectivity index (χ1n) is 0. The van der Waals surface area contributed by atoms with E-state index in [0.29, 0.717) is 0 Å². The van der Waals surface area contributed by atoms with Crippen molar-refractivity contribution >= 4 is 0 Å². The van der Waals surface area contributed by atoms with Crippen LogP contribution in [0.2, 0.25) is 0 Å². The summed E-state index contributed by atoms with van der Waals surface area (Å²) in [5.41, 5.74) is 0. The molecule has 0 aromatic carbocycles. The summed E-state index contributed by atoms with van der Waals surface area (Å²) in [7, 11) is 0. The molecule has 0 rings (SSSR count). The molecule has 0 spiro atoms. The normalized spacial score (nSPS) is 0. The van der Waals surface area contributed by atoms with Gasteiger partial charge in [-0.3, -0.25) is 0 Å². The van der Waals surface area contributed by atoms with E-state index >= 15 is 0 Å². The molecule has 0 amide bonds. The molecule has 0 unspecified atom stereocenters. The average Bonchev–Trinajstić information content (AvgIpc) is 0. The van der Waals surface area contributed by atoms with Gasteiger partial charge in [0.2, 0.25) is 0 Å². The van der Waals surface area contributed by atoms with Crippen molar-refractivity contribution < 1.29 is 79.1 Å². The van der Waals surface area contributed by atoms with Gasteiger partial charge in [-0.2, -0.15) is 0 Å². The minimum Gasteiger partial charge on any atom is -2.00 e. The quantitative estimate of drug-likeness (QED) is 0.535. The molecule has 0 radical (unpaired) electrons. The van der Waals surface area contributed by atoms with Crippen molar-refractivity contribution in [3.63, 3.8) is 0 Å². The second-order valence-electron chi connectivity index (χ2n) is 0. The third-order valence-electron chi connectivity index (χ3n) is 0. The van der Waals surface area contributed by atoms with Crippen molar-refractivity contribution in [3.05, 3.63) is 0 Å². The Hall–Kier alpha value is 2.39. The van der Waals surface area contributed by atoms with Crippen molar-refractivity contribution in [1.29, 1.82) is 0 Å². The van der Waals surface area contributed by atoms with Crippen LogP contribution in [0.5, 0.6) is 0 Å². The zero-order valence-corrected chi connectivity index (χ0v) is 8.31. The molecule has 0 aromatic rings. The van der Waals surface area contributed by atoms with E-state index in [1.807, 2.05) is 0 Å². The van der Waals surface area contributed by atoms with Gasteiger partial charge in [0.1, 0.15) is 0 Å². The van der Waals surface area contributed by atoms with Gasteiger partial charge in [-0.25, -0.2) is 0 Å². The van der Waals surface area contributed by atoms with Gasteiger partial charge in [0, 0.05) is 0 Å². The SMILES string of the molecule is [Nb+5].[O-2].[V+5].[Y+3]. The molecule has 0 aromatic heterocycles. The van der Waals surface area contributed by atoms with Crippen LogP contribution < -0.4 is 0 Å². The molecule has 0 heterocycles. The molecule has 0 saturated carbocycles. The number of hydrogen-bond acceptors (Lipinski definition) is 0. The number of hydrogen-bond donors (Lipinski definition) is 0. The molecular weight excluding hydrogens is 249 g/mol. The van der Waals surface area contributed by atoms with Crippen molar-refractivity contribution in [3.8, 4) is 0 Å². The summed E-state index contributed by atoms with van der Waals surface area (Å²) in [5, 5.41) is 0. The van der Waals surface area contributed by atoms with Crippen molar-refractivity contribution in [2.45, 2.75) is 0 Å². The van der Waals surface area contributed by atoms with Crippen LogP contribution in [0.25, 0.3) is 0 Å². The van der Waals surface area contributed by atoms with E-state index in [9.17, 15) is 0 Å². The molecule has 0 aliphatic rings. The van der Waals surface area contributed by atoms with E-state index in [-0.39, 0.29) is 79.1 Å². The third kappa shape index (κ3) is 8.83. The van der Waals surface area contributed by atoms with Crippen molar-refractivity contribution in [2.24, 2.45) is 0 Å². The average molecular weight is 249 g/mol. The molecule has 0 fully saturated rings. The first-order chi connectivity index (χ1) is 0. The summed E-state index contributed by atoms with van der Waals surface area (Å²) in [6.45, 7) is 0. The van der Waals surface area contributed by atoms with Crippen LogP contribution in [0.1, 0.15) is 0 Å². The van der Waals surface area contributed by atoms with Gasteiger partial charge in [-0.15, -0.1) is 0 Å². The zero-order chi connectivity index (χ0) is 0. The molecular formula is NbOVY+11. The summed E-state index contributed by atoms with van der Waals surface area (Å²) in [6.07, 6.45) is 0. The van der Waals surface area contributed by atoms with Gasteiger partial charge < -0.3 is 5.48 Å². The van der Waals surface area contributed by atoms with Crippen LogP contribution in [0.4, 0.5) is 0 Å². The maximum atomic E-state index is 0. The molecule has 0 aliphatic heterocycles. The van der Waals surface area contributed by atoms with Gasteiger partial charge in [0.05, 0.1) is 0 Å². The molecule has 0 aliphatic carbocycles. The predicted octanol–water partition coefficient (Wildman–Crippen LogP) is -0.126. The van der Waals surface area contributed by atoms with Crippen LogP contribution in [-0.4, -0.2) is 0 Å². The van der Waals surface area contributed by atoms with Gasteiger partial charge in [0.15, 0.2) is 0 Å². The minimum absolute atomic E-state index is 0. The standard InChI is InChI=1S/Nb.O.V.Y/q+5;-2;+5;+3. The van der Waals surface area contributed by atoms with E-state index in [1.54, 1.807) is 0 Å². The minimum atomic E-state index is 0. The zero-order valence-electron chi connectivity index (χ0n) is 1.88. The summed E-state index contributed by atoms with van der Waals surface area (Å²) in [6, 6.07) is 0. The van der Waals surface area contributed by atoms with E-state index in [4.69, 9.17) is 0 Å². The molecule has 0 atom stereocenters. The molecule has 4 heavy (non-hydrogen) atoms. The first-order valence-corrected chi connectivity index (χ1v) is 0. The Morgan fingerprint density at radius 3 is 1.00 bits per heavy atom.